The molecule has 2 aromatic carbocycles. The van der Waals surface area contributed by atoms with E-state index < -0.39 is 0 Å². The van der Waals surface area contributed by atoms with Gasteiger partial charge in [-0.25, -0.2) is 0 Å². The molecule has 0 aromatic heterocycles. The summed E-state index contributed by atoms with van der Waals surface area (Å²) in [6.07, 6.45) is 0.678. The second-order valence-corrected chi connectivity index (χ2v) is 5.73. The second kappa shape index (κ2) is 9.46. The average Bonchev–Trinajstić information content (AvgIpc) is 2.66. The van der Waals surface area contributed by atoms with E-state index in [1.165, 1.54) is 18.9 Å². The van der Waals surface area contributed by atoms with E-state index in [9.17, 15) is 9.59 Å². The highest BCUT2D eigenvalue weighted by Gasteiger charge is 2.18. The highest BCUT2D eigenvalue weighted by molar-refractivity contribution is 5.98. The van der Waals surface area contributed by atoms with Gasteiger partial charge in [0.1, 0.15) is 18.0 Å². The summed E-state index contributed by atoms with van der Waals surface area (Å²) in [6, 6.07) is 14.8. The number of rotatable bonds is 8. The summed E-state index contributed by atoms with van der Waals surface area (Å²) >= 11 is 0. The fraction of sp³-hybridized carbons (Fsp3) is 0.300. The Morgan fingerprint density at radius 3 is 2.50 bits per heavy atom. The van der Waals surface area contributed by atoms with Gasteiger partial charge in [-0.1, -0.05) is 24.3 Å². The van der Waals surface area contributed by atoms with Crippen molar-refractivity contribution < 1.29 is 19.1 Å². The van der Waals surface area contributed by atoms with Crippen LogP contribution in [0.1, 0.15) is 12.5 Å². The van der Waals surface area contributed by atoms with Gasteiger partial charge >= 0.3 is 0 Å². The van der Waals surface area contributed by atoms with E-state index in [2.05, 4.69) is 5.32 Å². The summed E-state index contributed by atoms with van der Waals surface area (Å²) in [5.74, 6) is 0.881. The molecule has 2 rings (SSSR count). The average molecular weight is 356 g/mol. The molecule has 0 aliphatic rings. The fourth-order valence-corrected chi connectivity index (χ4v) is 2.59. The third-order valence-corrected chi connectivity index (χ3v) is 3.93. The van der Waals surface area contributed by atoms with Gasteiger partial charge < -0.3 is 14.8 Å². The Kier molecular flexibility index (Phi) is 7.02. The largest absolute Gasteiger partial charge is 0.497 e. The standard InChI is InChI=1S/C20H24N2O4/c1-15(23)22(18-9-4-5-10-19(18)26-3)14-20(24)21-12-11-16-7-6-8-17(13-16)25-2/h4-10,13H,11-12,14H2,1-3H3,(H,21,24). The smallest absolute Gasteiger partial charge is 0.240 e. The minimum Gasteiger partial charge on any atom is -0.497 e. The Balaban J connectivity index is 1.94. The number of para-hydroxylation sites is 2. The van der Waals surface area contributed by atoms with Crippen molar-refractivity contribution in [1.82, 2.24) is 5.32 Å². The molecule has 26 heavy (non-hydrogen) atoms. The van der Waals surface area contributed by atoms with Gasteiger partial charge in [-0.2, -0.15) is 0 Å². The zero-order valence-corrected chi connectivity index (χ0v) is 15.3. The quantitative estimate of drug-likeness (QED) is 0.789. The van der Waals surface area contributed by atoms with Crippen molar-refractivity contribution in [3.8, 4) is 11.5 Å². The van der Waals surface area contributed by atoms with Crippen molar-refractivity contribution in [2.24, 2.45) is 0 Å². The number of nitrogens with one attached hydrogen (secondary N) is 1. The molecule has 0 saturated carbocycles. The molecule has 2 aromatic rings. The Morgan fingerprint density at radius 1 is 1.04 bits per heavy atom. The lowest BCUT2D eigenvalue weighted by Crippen LogP contribution is -2.40. The van der Waals surface area contributed by atoms with Crippen LogP contribution in [0.4, 0.5) is 5.69 Å². The Labute approximate surface area is 153 Å². The van der Waals surface area contributed by atoms with Crippen LogP contribution in [0.2, 0.25) is 0 Å². The molecule has 1 N–H and O–H groups in total. The van der Waals surface area contributed by atoms with E-state index in [0.29, 0.717) is 24.4 Å². The van der Waals surface area contributed by atoms with E-state index in [-0.39, 0.29) is 18.4 Å². The van der Waals surface area contributed by atoms with Crippen LogP contribution < -0.4 is 19.7 Å². The lowest BCUT2D eigenvalue weighted by Gasteiger charge is -2.22. The third kappa shape index (κ3) is 5.24. The Morgan fingerprint density at radius 2 is 1.81 bits per heavy atom. The number of carbonyl (C=O) groups excluding carboxylic acids is 2. The summed E-state index contributed by atoms with van der Waals surface area (Å²) in [5, 5.41) is 2.85. The minimum atomic E-state index is -0.228. The number of nitrogens with zero attached hydrogens (tertiary/aromatic N) is 1. The summed E-state index contributed by atoms with van der Waals surface area (Å²) in [4.78, 5) is 25.7. The van der Waals surface area contributed by atoms with Crippen molar-refractivity contribution in [2.45, 2.75) is 13.3 Å². The number of benzene rings is 2. The van der Waals surface area contributed by atoms with Crippen LogP contribution >= 0.6 is 0 Å². The van der Waals surface area contributed by atoms with Gasteiger partial charge in [-0.05, 0) is 36.2 Å². The molecule has 0 unspecified atom stereocenters. The van der Waals surface area contributed by atoms with Gasteiger partial charge in [0.2, 0.25) is 11.8 Å². The van der Waals surface area contributed by atoms with Crippen LogP contribution in [0, 0.1) is 0 Å². The Hall–Kier alpha value is -3.02. The molecule has 0 fully saturated rings. The first kappa shape index (κ1) is 19.3. The highest BCUT2D eigenvalue weighted by atomic mass is 16.5. The monoisotopic (exact) mass is 356 g/mol. The van der Waals surface area contributed by atoms with E-state index in [1.807, 2.05) is 30.3 Å². The van der Waals surface area contributed by atoms with Crippen molar-refractivity contribution in [3.05, 3.63) is 54.1 Å². The molecule has 0 atom stereocenters. The number of hydrogen-bond acceptors (Lipinski definition) is 4. The van der Waals surface area contributed by atoms with Crippen molar-refractivity contribution in [1.29, 1.82) is 0 Å². The van der Waals surface area contributed by atoms with E-state index in [0.717, 1.165) is 11.3 Å². The first-order valence-electron chi connectivity index (χ1n) is 8.36. The van der Waals surface area contributed by atoms with E-state index >= 15 is 0 Å². The number of carbonyl (C=O) groups is 2. The van der Waals surface area contributed by atoms with Crippen LogP contribution in [-0.4, -0.2) is 39.1 Å². The predicted octanol–water partition coefficient (Wildman–Crippen LogP) is 2.42. The van der Waals surface area contributed by atoms with Gasteiger partial charge in [0, 0.05) is 13.5 Å². The van der Waals surface area contributed by atoms with Crippen LogP contribution in [0.3, 0.4) is 0 Å². The van der Waals surface area contributed by atoms with Crippen LogP contribution in [0.25, 0.3) is 0 Å². The maximum atomic E-state index is 12.3. The molecule has 0 heterocycles. The number of methoxy groups -OCH3 is 2. The molecule has 6 heteroatoms. The normalized spacial score (nSPS) is 10.1. The van der Waals surface area contributed by atoms with Gasteiger partial charge in [0.05, 0.1) is 19.9 Å². The molecular weight excluding hydrogens is 332 g/mol. The van der Waals surface area contributed by atoms with Crippen molar-refractivity contribution in [2.75, 3.05) is 32.2 Å². The fourth-order valence-electron chi connectivity index (χ4n) is 2.59. The maximum absolute atomic E-state index is 12.3. The molecule has 0 spiro atoms. The summed E-state index contributed by atoms with van der Waals surface area (Å²) in [7, 11) is 3.15. The predicted molar refractivity (Wildman–Crippen MR) is 101 cm³/mol. The summed E-state index contributed by atoms with van der Waals surface area (Å²) in [5.41, 5.74) is 1.64. The molecule has 0 aliphatic heterocycles. The maximum Gasteiger partial charge on any atom is 0.240 e. The molecule has 0 aliphatic carbocycles. The van der Waals surface area contributed by atoms with Crippen LogP contribution in [-0.2, 0) is 16.0 Å². The number of amides is 2. The molecule has 0 saturated heterocycles. The second-order valence-electron chi connectivity index (χ2n) is 5.73. The van der Waals surface area contributed by atoms with Crippen LogP contribution in [0.5, 0.6) is 11.5 Å². The van der Waals surface area contributed by atoms with Crippen molar-refractivity contribution in [3.63, 3.8) is 0 Å². The SMILES string of the molecule is COc1cccc(CCNC(=O)CN(C(C)=O)c2ccccc2OC)c1. The summed E-state index contributed by atoms with van der Waals surface area (Å²) in [6.45, 7) is 1.84. The number of anilines is 1. The molecule has 0 bridgehead atoms. The molecule has 0 radical (unpaired) electrons. The van der Waals surface area contributed by atoms with E-state index in [4.69, 9.17) is 9.47 Å². The minimum absolute atomic E-state index is 0.0617. The Bertz CT molecular complexity index is 761. The number of ether oxygens (including phenoxy) is 2. The zero-order chi connectivity index (χ0) is 18.9. The van der Waals surface area contributed by atoms with Gasteiger partial charge in [0.25, 0.3) is 0 Å². The molecule has 138 valence electrons. The zero-order valence-electron chi connectivity index (χ0n) is 15.3. The van der Waals surface area contributed by atoms with Gasteiger partial charge in [0.15, 0.2) is 0 Å². The topological polar surface area (TPSA) is 67.9 Å². The molecule has 2 amide bonds. The van der Waals surface area contributed by atoms with Gasteiger partial charge in [-0.3, -0.25) is 14.5 Å². The molecule has 6 nitrogen and oxygen atoms in total. The van der Waals surface area contributed by atoms with Crippen molar-refractivity contribution >= 4 is 17.5 Å². The first-order chi connectivity index (χ1) is 12.5. The lowest BCUT2D eigenvalue weighted by molar-refractivity contribution is -0.123. The first-order valence-corrected chi connectivity index (χ1v) is 8.36. The van der Waals surface area contributed by atoms with Gasteiger partial charge in [-0.15, -0.1) is 0 Å². The summed E-state index contributed by atoms with van der Waals surface area (Å²) < 4.78 is 10.5. The molecular formula is C20H24N2O4. The van der Waals surface area contributed by atoms with E-state index in [1.54, 1.807) is 25.3 Å². The third-order valence-electron chi connectivity index (χ3n) is 3.93. The highest BCUT2D eigenvalue weighted by Crippen LogP contribution is 2.27. The number of hydrogen-bond donors (Lipinski definition) is 1. The van der Waals surface area contributed by atoms with Crippen LogP contribution in [0.15, 0.2) is 48.5 Å². The lowest BCUT2D eigenvalue weighted by atomic mass is 10.1.